The minimum Gasteiger partial charge on any atom is -0.481 e. The van der Waals surface area contributed by atoms with Gasteiger partial charge in [-0.25, -0.2) is 0 Å². The van der Waals surface area contributed by atoms with E-state index in [0.29, 0.717) is 18.7 Å². The van der Waals surface area contributed by atoms with Crippen molar-refractivity contribution in [3.8, 4) is 5.75 Å². The van der Waals surface area contributed by atoms with Crippen LogP contribution in [0.4, 0.5) is 0 Å². The number of carboxylic acids is 1. The number of amides is 1. The van der Waals surface area contributed by atoms with Gasteiger partial charge < -0.3 is 14.7 Å². The predicted molar refractivity (Wildman–Crippen MR) is 76.6 cm³/mol. The van der Waals surface area contributed by atoms with Gasteiger partial charge in [0, 0.05) is 17.6 Å². The Morgan fingerprint density at radius 2 is 2.05 bits per heavy atom. The lowest BCUT2D eigenvalue weighted by Gasteiger charge is -2.21. The molecule has 0 saturated carbocycles. The molecular weight excluding hydrogens is 326 g/mol. The van der Waals surface area contributed by atoms with Crippen LogP contribution in [0, 0.1) is 5.92 Å². The summed E-state index contributed by atoms with van der Waals surface area (Å²) in [6, 6.07) is 7.22. The minimum absolute atomic E-state index is 0.170. The summed E-state index contributed by atoms with van der Waals surface area (Å²) in [6.07, 6.45) is -0.116. The topological polar surface area (TPSA) is 66.8 Å². The molecule has 1 heterocycles. The number of carbonyl (C=O) groups is 2. The summed E-state index contributed by atoms with van der Waals surface area (Å²) in [6.45, 7) is 2.42. The van der Waals surface area contributed by atoms with Crippen LogP contribution in [0.5, 0.6) is 5.75 Å². The summed E-state index contributed by atoms with van der Waals surface area (Å²) in [5.74, 6) is -0.861. The van der Waals surface area contributed by atoms with E-state index in [1.165, 1.54) is 0 Å². The van der Waals surface area contributed by atoms with Gasteiger partial charge >= 0.3 is 5.97 Å². The summed E-state index contributed by atoms with van der Waals surface area (Å²) in [5, 5.41) is 8.94. The van der Waals surface area contributed by atoms with E-state index < -0.39 is 18.0 Å². The summed E-state index contributed by atoms with van der Waals surface area (Å²) >= 11 is 3.33. The molecule has 1 fully saturated rings. The van der Waals surface area contributed by atoms with Gasteiger partial charge in [-0.1, -0.05) is 15.9 Å². The first-order valence-electron chi connectivity index (χ1n) is 6.41. The molecule has 1 aromatic carbocycles. The highest BCUT2D eigenvalue weighted by Gasteiger charge is 2.33. The lowest BCUT2D eigenvalue weighted by molar-refractivity contribution is -0.142. The molecule has 2 rings (SSSR count). The van der Waals surface area contributed by atoms with Gasteiger partial charge in [0.1, 0.15) is 5.75 Å². The fourth-order valence-corrected chi connectivity index (χ4v) is 2.45. The van der Waals surface area contributed by atoms with Crippen molar-refractivity contribution >= 4 is 27.8 Å². The second-order valence-electron chi connectivity index (χ2n) is 4.82. The first-order chi connectivity index (χ1) is 9.47. The van der Waals surface area contributed by atoms with Crippen molar-refractivity contribution in [2.45, 2.75) is 19.4 Å². The van der Waals surface area contributed by atoms with E-state index in [1.807, 2.05) is 12.1 Å². The number of ether oxygens (including phenoxy) is 1. The van der Waals surface area contributed by atoms with Gasteiger partial charge in [0.25, 0.3) is 5.91 Å². The van der Waals surface area contributed by atoms with E-state index in [1.54, 1.807) is 24.0 Å². The zero-order valence-corrected chi connectivity index (χ0v) is 12.7. The van der Waals surface area contributed by atoms with Gasteiger partial charge in [-0.15, -0.1) is 0 Å². The van der Waals surface area contributed by atoms with Crippen molar-refractivity contribution in [2.24, 2.45) is 5.92 Å². The molecule has 20 heavy (non-hydrogen) atoms. The third kappa shape index (κ3) is 3.50. The van der Waals surface area contributed by atoms with Crippen LogP contribution in [0.1, 0.15) is 13.3 Å². The van der Waals surface area contributed by atoms with Crippen molar-refractivity contribution in [2.75, 3.05) is 13.1 Å². The van der Waals surface area contributed by atoms with Crippen LogP contribution in [0.15, 0.2) is 28.7 Å². The molecule has 1 amide bonds. The van der Waals surface area contributed by atoms with Crippen molar-refractivity contribution < 1.29 is 19.4 Å². The lowest BCUT2D eigenvalue weighted by atomic mass is 10.1. The highest BCUT2D eigenvalue weighted by molar-refractivity contribution is 9.10. The van der Waals surface area contributed by atoms with Gasteiger partial charge in [-0.2, -0.15) is 0 Å². The summed E-state index contributed by atoms with van der Waals surface area (Å²) in [5.41, 5.74) is 0. The van der Waals surface area contributed by atoms with Crippen LogP contribution in [0.2, 0.25) is 0 Å². The van der Waals surface area contributed by atoms with Crippen LogP contribution in [0.25, 0.3) is 0 Å². The Morgan fingerprint density at radius 1 is 1.40 bits per heavy atom. The Labute approximate surface area is 125 Å². The van der Waals surface area contributed by atoms with Crippen LogP contribution in [-0.4, -0.2) is 41.1 Å². The molecule has 6 heteroatoms. The lowest BCUT2D eigenvalue weighted by Crippen LogP contribution is -2.39. The number of hydrogen-bond acceptors (Lipinski definition) is 3. The van der Waals surface area contributed by atoms with Gasteiger partial charge in [0.05, 0.1) is 5.92 Å². The molecule has 0 radical (unpaired) electrons. The van der Waals surface area contributed by atoms with Crippen LogP contribution < -0.4 is 4.74 Å². The van der Waals surface area contributed by atoms with Gasteiger partial charge in [-0.3, -0.25) is 9.59 Å². The molecule has 5 nitrogen and oxygen atoms in total. The van der Waals surface area contributed by atoms with Crippen molar-refractivity contribution in [1.82, 2.24) is 4.90 Å². The molecule has 1 aliphatic heterocycles. The van der Waals surface area contributed by atoms with Gasteiger partial charge in [0.15, 0.2) is 6.10 Å². The molecule has 1 saturated heterocycles. The second kappa shape index (κ2) is 6.26. The Morgan fingerprint density at radius 3 is 2.60 bits per heavy atom. The molecule has 1 aliphatic rings. The SMILES string of the molecule is C[C@@H](Oc1ccc(Br)cc1)C(=O)N1CC[C@@H](C(=O)O)C1. The standard InChI is InChI=1S/C14H16BrNO4/c1-9(20-12-4-2-11(15)3-5-12)13(17)16-7-6-10(8-16)14(18)19/h2-5,9-10H,6-8H2,1H3,(H,18,19)/t9-,10-/m1/s1. The number of likely N-dealkylation sites (tertiary alicyclic amines) is 1. The number of rotatable bonds is 4. The molecule has 0 spiro atoms. The number of aliphatic carboxylic acids is 1. The maximum absolute atomic E-state index is 12.2. The molecule has 1 N–H and O–H groups in total. The van der Waals surface area contributed by atoms with Crippen molar-refractivity contribution in [3.63, 3.8) is 0 Å². The average Bonchev–Trinajstić information content (AvgIpc) is 2.90. The zero-order valence-electron chi connectivity index (χ0n) is 11.1. The van der Waals surface area contributed by atoms with E-state index in [2.05, 4.69) is 15.9 Å². The minimum atomic E-state index is -0.846. The Balaban J connectivity index is 1.92. The monoisotopic (exact) mass is 341 g/mol. The molecule has 0 aromatic heterocycles. The summed E-state index contributed by atoms with van der Waals surface area (Å²) < 4.78 is 6.52. The van der Waals surface area contributed by atoms with E-state index in [-0.39, 0.29) is 12.5 Å². The quantitative estimate of drug-likeness (QED) is 0.911. The second-order valence-corrected chi connectivity index (χ2v) is 5.74. The van der Waals surface area contributed by atoms with Crippen LogP contribution in [0.3, 0.4) is 0 Å². The number of carboxylic acid groups (broad SMARTS) is 1. The maximum Gasteiger partial charge on any atom is 0.308 e. The molecule has 0 bridgehead atoms. The Kier molecular flexibility index (Phi) is 4.65. The number of halogens is 1. The summed E-state index contributed by atoms with van der Waals surface area (Å²) in [7, 11) is 0. The number of hydrogen-bond donors (Lipinski definition) is 1. The average molecular weight is 342 g/mol. The van der Waals surface area contributed by atoms with Gasteiger partial charge in [0.2, 0.25) is 0 Å². The molecule has 2 atom stereocenters. The maximum atomic E-state index is 12.2. The van der Waals surface area contributed by atoms with Crippen molar-refractivity contribution in [1.29, 1.82) is 0 Å². The Hall–Kier alpha value is -1.56. The number of benzene rings is 1. The normalized spacial score (nSPS) is 19.7. The predicted octanol–water partition coefficient (Wildman–Crippen LogP) is 2.15. The molecule has 0 unspecified atom stereocenters. The number of nitrogens with zero attached hydrogens (tertiary/aromatic N) is 1. The molecule has 0 aliphatic carbocycles. The van der Waals surface area contributed by atoms with E-state index in [9.17, 15) is 9.59 Å². The first kappa shape index (κ1) is 14.8. The van der Waals surface area contributed by atoms with Gasteiger partial charge in [-0.05, 0) is 37.6 Å². The molecule has 1 aromatic rings. The van der Waals surface area contributed by atoms with E-state index >= 15 is 0 Å². The largest absolute Gasteiger partial charge is 0.481 e. The third-order valence-corrected chi connectivity index (χ3v) is 3.85. The third-order valence-electron chi connectivity index (χ3n) is 3.32. The number of carbonyl (C=O) groups excluding carboxylic acids is 1. The molecular formula is C14H16BrNO4. The van der Waals surface area contributed by atoms with E-state index in [0.717, 1.165) is 4.47 Å². The zero-order chi connectivity index (χ0) is 14.7. The fourth-order valence-electron chi connectivity index (χ4n) is 2.19. The van der Waals surface area contributed by atoms with E-state index in [4.69, 9.17) is 9.84 Å². The van der Waals surface area contributed by atoms with Crippen molar-refractivity contribution in [3.05, 3.63) is 28.7 Å². The molecule has 108 valence electrons. The summed E-state index contributed by atoms with van der Waals surface area (Å²) in [4.78, 5) is 24.6. The Bertz CT molecular complexity index is 502. The van der Waals surface area contributed by atoms with Crippen LogP contribution >= 0.6 is 15.9 Å². The highest BCUT2D eigenvalue weighted by atomic mass is 79.9. The smallest absolute Gasteiger partial charge is 0.308 e. The fraction of sp³-hybridized carbons (Fsp3) is 0.429. The highest BCUT2D eigenvalue weighted by Crippen LogP contribution is 2.20. The van der Waals surface area contributed by atoms with Crippen LogP contribution in [-0.2, 0) is 9.59 Å². The first-order valence-corrected chi connectivity index (χ1v) is 7.20.